The van der Waals surface area contributed by atoms with Crippen LogP contribution in [-0.4, -0.2) is 30.4 Å². The minimum Gasteiger partial charge on any atom is -0.304 e. The van der Waals surface area contributed by atoms with E-state index in [0.29, 0.717) is 6.04 Å². The Bertz CT molecular complexity index is 115. The van der Waals surface area contributed by atoms with Crippen LogP contribution in [0.5, 0.6) is 0 Å². The molecule has 80 valence electrons. The number of hydrogen-bond acceptors (Lipinski definition) is 1. The fourth-order valence-corrected chi connectivity index (χ4v) is 1.73. The molecule has 2 heteroatoms. The van der Waals surface area contributed by atoms with Crippen molar-refractivity contribution in [3.05, 3.63) is 0 Å². The molecule has 0 radical (unpaired) electrons. The van der Waals surface area contributed by atoms with Gasteiger partial charge in [0, 0.05) is 11.9 Å². The smallest absolute Gasteiger partial charge is 0.0223 e. The van der Waals surface area contributed by atoms with Gasteiger partial charge in [-0.25, -0.2) is 0 Å². The maximum absolute atomic E-state index is 5.63. The molecule has 0 aliphatic heterocycles. The highest BCUT2D eigenvalue weighted by Gasteiger charge is 2.09. The second-order valence-electron chi connectivity index (χ2n) is 4.36. The zero-order valence-corrected chi connectivity index (χ0v) is 10.3. The highest BCUT2D eigenvalue weighted by Crippen LogP contribution is 2.10. The summed E-state index contributed by atoms with van der Waals surface area (Å²) in [4.78, 5) is 2.44. The molecular weight excluding hydrogens is 182 g/mol. The summed E-state index contributed by atoms with van der Waals surface area (Å²) in [6.45, 7) is 8.05. The van der Waals surface area contributed by atoms with Gasteiger partial charge in [0.25, 0.3) is 0 Å². The average molecular weight is 206 g/mol. The van der Waals surface area contributed by atoms with Gasteiger partial charge >= 0.3 is 0 Å². The first-order valence-corrected chi connectivity index (χ1v) is 5.87. The van der Waals surface area contributed by atoms with Crippen molar-refractivity contribution in [1.29, 1.82) is 0 Å². The summed E-state index contributed by atoms with van der Waals surface area (Å²) in [5.74, 6) is 1.59. The van der Waals surface area contributed by atoms with E-state index >= 15 is 0 Å². The van der Waals surface area contributed by atoms with Crippen LogP contribution in [0.15, 0.2) is 0 Å². The lowest BCUT2D eigenvalue weighted by Gasteiger charge is -2.25. The molecule has 1 nitrogen and oxygen atoms in total. The van der Waals surface area contributed by atoms with Crippen LogP contribution in [0.4, 0.5) is 0 Å². The predicted molar refractivity (Wildman–Crippen MR) is 61.5 cm³/mol. The number of unbranched alkanes of at least 4 members (excludes halogenated alkanes) is 1. The van der Waals surface area contributed by atoms with Crippen molar-refractivity contribution in [2.75, 3.05) is 19.5 Å². The van der Waals surface area contributed by atoms with Crippen LogP contribution in [-0.2, 0) is 0 Å². The lowest BCUT2D eigenvalue weighted by atomic mass is 10.0. The van der Waals surface area contributed by atoms with Gasteiger partial charge in [0.05, 0.1) is 0 Å². The first kappa shape index (κ1) is 13.2. The van der Waals surface area contributed by atoms with Gasteiger partial charge in [-0.05, 0) is 45.7 Å². The Labute approximate surface area is 88.5 Å². The molecule has 0 aromatic carbocycles. The summed E-state index contributed by atoms with van der Waals surface area (Å²) in [6.07, 6.45) is 3.65. The number of rotatable bonds is 7. The van der Waals surface area contributed by atoms with Gasteiger partial charge in [-0.2, -0.15) is 0 Å². The van der Waals surface area contributed by atoms with Gasteiger partial charge in [-0.3, -0.25) is 0 Å². The van der Waals surface area contributed by atoms with E-state index in [2.05, 4.69) is 32.7 Å². The molecule has 0 fully saturated rings. The van der Waals surface area contributed by atoms with Crippen LogP contribution >= 0.6 is 11.6 Å². The Balaban J connectivity index is 3.50. The molecule has 0 amide bonds. The Morgan fingerprint density at radius 1 is 1.15 bits per heavy atom. The van der Waals surface area contributed by atoms with Crippen LogP contribution in [0.2, 0.25) is 0 Å². The van der Waals surface area contributed by atoms with Gasteiger partial charge in [0.2, 0.25) is 0 Å². The van der Waals surface area contributed by atoms with E-state index in [4.69, 9.17) is 11.6 Å². The second-order valence-corrected chi connectivity index (χ2v) is 4.73. The summed E-state index contributed by atoms with van der Waals surface area (Å²) in [7, 11) is 2.21. The number of nitrogens with zero attached hydrogens (tertiary/aromatic N) is 1. The Kier molecular flexibility index (Phi) is 7.78. The number of hydrogen-bond donors (Lipinski definition) is 0. The Hall–Kier alpha value is 0.250. The first-order chi connectivity index (χ1) is 6.07. The van der Waals surface area contributed by atoms with Crippen molar-refractivity contribution >= 4 is 11.6 Å². The van der Waals surface area contributed by atoms with Crippen molar-refractivity contribution in [3.8, 4) is 0 Å². The molecule has 0 bridgehead atoms. The van der Waals surface area contributed by atoms with E-state index in [-0.39, 0.29) is 0 Å². The molecule has 0 rings (SSSR count). The second kappa shape index (κ2) is 7.64. The van der Waals surface area contributed by atoms with Crippen molar-refractivity contribution < 1.29 is 0 Å². The molecule has 1 unspecified atom stereocenters. The molecule has 0 aromatic heterocycles. The Morgan fingerprint density at radius 2 is 1.77 bits per heavy atom. The van der Waals surface area contributed by atoms with E-state index in [1.54, 1.807) is 0 Å². The summed E-state index contributed by atoms with van der Waals surface area (Å²) >= 11 is 5.63. The monoisotopic (exact) mass is 205 g/mol. The fraction of sp³-hybridized carbons (Fsp3) is 1.00. The lowest BCUT2D eigenvalue weighted by Crippen LogP contribution is -2.31. The maximum Gasteiger partial charge on any atom is 0.0223 e. The molecule has 0 aliphatic carbocycles. The van der Waals surface area contributed by atoms with Gasteiger partial charge in [-0.1, -0.05) is 13.8 Å². The quantitative estimate of drug-likeness (QED) is 0.455. The average Bonchev–Trinajstić information content (AvgIpc) is 2.03. The number of alkyl halides is 1. The largest absolute Gasteiger partial charge is 0.304 e. The van der Waals surface area contributed by atoms with Crippen molar-refractivity contribution in [1.82, 2.24) is 4.90 Å². The third kappa shape index (κ3) is 7.33. The van der Waals surface area contributed by atoms with Crippen molar-refractivity contribution in [3.63, 3.8) is 0 Å². The summed E-state index contributed by atoms with van der Waals surface area (Å²) in [6, 6.07) is 0.704. The summed E-state index contributed by atoms with van der Waals surface area (Å²) in [5.41, 5.74) is 0. The highest BCUT2D eigenvalue weighted by atomic mass is 35.5. The van der Waals surface area contributed by atoms with E-state index in [1.807, 2.05) is 0 Å². The standard InChI is InChI=1S/C11H24ClN/c1-10(2)9-11(3)13(4)8-6-5-7-12/h10-11H,5-9H2,1-4H3. The molecule has 0 saturated carbocycles. The summed E-state index contributed by atoms with van der Waals surface area (Å²) in [5, 5.41) is 0. The Morgan fingerprint density at radius 3 is 2.23 bits per heavy atom. The first-order valence-electron chi connectivity index (χ1n) is 5.34. The van der Waals surface area contributed by atoms with Crippen molar-refractivity contribution in [2.45, 2.75) is 46.1 Å². The molecule has 13 heavy (non-hydrogen) atoms. The minimum absolute atomic E-state index is 0.704. The lowest BCUT2D eigenvalue weighted by molar-refractivity contribution is 0.225. The number of halogens is 1. The molecular formula is C11H24ClN. The van der Waals surface area contributed by atoms with Crippen LogP contribution in [0.3, 0.4) is 0 Å². The molecule has 0 heterocycles. The fourth-order valence-electron chi connectivity index (χ4n) is 1.54. The van der Waals surface area contributed by atoms with Gasteiger partial charge in [0.1, 0.15) is 0 Å². The normalized spacial score (nSPS) is 14.1. The molecule has 0 aromatic rings. The maximum atomic E-state index is 5.63. The van der Waals surface area contributed by atoms with Crippen LogP contribution in [0, 0.1) is 5.92 Å². The zero-order valence-electron chi connectivity index (χ0n) is 9.52. The van der Waals surface area contributed by atoms with Gasteiger partial charge in [0.15, 0.2) is 0 Å². The van der Waals surface area contributed by atoms with Crippen molar-refractivity contribution in [2.24, 2.45) is 5.92 Å². The predicted octanol–water partition coefficient (Wildman–Crippen LogP) is 3.37. The van der Waals surface area contributed by atoms with E-state index in [1.165, 1.54) is 19.4 Å². The minimum atomic E-state index is 0.704. The van der Waals surface area contributed by atoms with Crippen LogP contribution < -0.4 is 0 Å². The van der Waals surface area contributed by atoms with Gasteiger partial charge in [-0.15, -0.1) is 11.6 Å². The SMILES string of the molecule is CC(C)CC(C)N(C)CCCCCl. The van der Waals surface area contributed by atoms with E-state index < -0.39 is 0 Å². The molecule has 1 atom stereocenters. The van der Waals surface area contributed by atoms with Crippen LogP contribution in [0.1, 0.15) is 40.0 Å². The molecule has 0 N–H and O–H groups in total. The molecule has 0 saturated heterocycles. The topological polar surface area (TPSA) is 3.24 Å². The molecule has 0 aliphatic rings. The zero-order chi connectivity index (χ0) is 10.3. The van der Waals surface area contributed by atoms with Gasteiger partial charge < -0.3 is 4.90 Å². The van der Waals surface area contributed by atoms with Crippen LogP contribution in [0.25, 0.3) is 0 Å². The summed E-state index contributed by atoms with van der Waals surface area (Å²) < 4.78 is 0. The third-order valence-electron chi connectivity index (χ3n) is 2.46. The third-order valence-corrected chi connectivity index (χ3v) is 2.73. The van der Waals surface area contributed by atoms with E-state index in [9.17, 15) is 0 Å². The van der Waals surface area contributed by atoms with E-state index in [0.717, 1.165) is 18.2 Å². The highest BCUT2D eigenvalue weighted by molar-refractivity contribution is 6.17. The molecule has 0 spiro atoms.